The number of β-amino-alcohol motifs (C(OH)–C–C–N with tert-alkyl or cyclic N) is 1. The predicted molar refractivity (Wildman–Crippen MR) is 68.2 cm³/mol. The van der Waals surface area contributed by atoms with Crippen LogP contribution in [-0.2, 0) is 5.60 Å². The van der Waals surface area contributed by atoms with Crippen molar-refractivity contribution >= 4 is 0 Å². The molecule has 0 spiro atoms. The highest BCUT2D eigenvalue weighted by molar-refractivity contribution is 5.38. The molecule has 1 fully saturated rings. The van der Waals surface area contributed by atoms with E-state index < -0.39 is 5.60 Å². The van der Waals surface area contributed by atoms with Gasteiger partial charge in [-0.1, -0.05) is 18.2 Å². The van der Waals surface area contributed by atoms with E-state index in [4.69, 9.17) is 4.74 Å². The number of nitrogens with zero attached hydrogens (tertiary/aromatic N) is 1. The number of likely N-dealkylation sites (tertiary alicyclic amines) is 1. The third-order valence-corrected chi connectivity index (χ3v) is 3.35. The highest BCUT2D eigenvalue weighted by atomic mass is 16.5. The number of ether oxygens (including phenoxy) is 1. The van der Waals surface area contributed by atoms with Crippen molar-refractivity contribution in [3.05, 3.63) is 29.8 Å². The lowest BCUT2D eigenvalue weighted by Crippen LogP contribution is -2.44. The van der Waals surface area contributed by atoms with Crippen molar-refractivity contribution in [3.63, 3.8) is 0 Å². The molecule has 0 aromatic heterocycles. The van der Waals surface area contributed by atoms with Crippen LogP contribution in [0.1, 0.15) is 25.3 Å². The maximum Gasteiger partial charge on any atom is 0.125 e. The smallest absolute Gasteiger partial charge is 0.125 e. The van der Waals surface area contributed by atoms with Crippen LogP contribution in [0.3, 0.4) is 0 Å². The summed E-state index contributed by atoms with van der Waals surface area (Å²) in [6, 6.07) is 7.82. The normalized spacial score (nSPS) is 25.8. The van der Waals surface area contributed by atoms with Crippen LogP contribution in [0, 0.1) is 0 Å². The molecule has 1 heterocycles. The summed E-state index contributed by atoms with van der Waals surface area (Å²) >= 11 is 0. The van der Waals surface area contributed by atoms with Crippen molar-refractivity contribution < 1.29 is 9.84 Å². The zero-order valence-electron chi connectivity index (χ0n) is 10.6. The van der Waals surface area contributed by atoms with E-state index in [1.807, 2.05) is 38.2 Å². The van der Waals surface area contributed by atoms with Crippen LogP contribution in [0.15, 0.2) is 24.3 Å². The van der Waals surface area contributed by atoms with Gasteiger partial charge in [0.05, 0.1) is 6.61 Å². The van der Waals surface area contributed by atoms with Crippen molar-refractivity contribution in [1.82, 2.24) is 4.90 Å². The fourth-order valence-corrected chi connectivity index (χ4v) is 2.60. The topological polar surface area (TPSA) is 32.7 Å². The predicted octanol–water partition coefficient (Wildman–Crippen LogP) is 2.00. The summed E-state index contributed by atoms with van der Waals surface area (Å²) in [6.07, 6.45) is 1.83. The molecule has 1 N–H and O–H groups in total. The third kappa shape index (κ3) is 2.61. The minimum absolute atomic E-state index is 0.628. The van der Waals surface area contributed by atoms with Crippen LogP contribution < -0.4 is 4.74 Å². The van der Waals surface area contributed by atoms with Crippen LogP contribution in [0.4, 0.5) is 0 Å². The highest BCUT2D eigenvalue weighted by Crippen LogP contribution is 2.36. The molecule has 0 radical (unpaired) electrons. The molecule has 0 aliphatic carbocycles. The summed E-state index contributed by atoms with van der Waals surface area (Å²) in [5.74, 6) is 0.813. The van der Waals surface area contributed by atoms with Crippen LogP contribution in [0.2, 0.25) is 0 Å². The molecule has 1 unspecified atom stereocenters. The van der Waals surface area contributed by atoms with E-state index in [2.05, 4.69) is 4.90 Å². The van der Waals surface area contributed by atoms with Gasteiger partial charge in [0.25, 0.3) is 0 Å². The molecule has 3 heteroatoms. The Morgan fingerprint density at radius 2 is 2.18 bits per heavy atom. The molecular weight excluding hydrogens is 214 g/mol. The van der Waals surface area contributed by atoms with E-state index in [0.717, 1.165) is 30.7 Å². The lowest BCUT2D eigenvalue weighted by molar-refractivity contribution is -0.0295. The van der Waals surface area contributed by atoms with Gasteiger partial charge in [-0.05, 0) is 39.4 Å². The summed E-state index contributed by atoms with van der Waals surface area (Å²) in [5, 5.41) is 10.8. The first kappa shape index (κ1) is 12.4. The van der Waals surface area contributed by atoms with Crippen molar-refractivity contribution in [2.45, 2.75) is 25.4 Å². The fourth-order valence-electron chi connectivity index (χ4n) is 2.60. The third-order valence-electron chi connectivity index (χ3n) is 3.35. The van der Waals surface area contributed by atoms with Gasteiger partial charge < -0.3 is 14.7 Å². The standard InChI is InChI=1S/C14H21NO2/c1-3-17-13-8-5-4-7-12(13)14(16)9-6-10-15(2)11-14/h4-5,7-8,16H,3,6,9-11H2,1-2H3. The van der Waals surface area contributed by atoms with Crippen molar-refractivity contribution in [2.24, 2.45) is 0 Å². The molecule has 0 amide bonds. The van der Waals surface area contributed by atoms with Gasteiger partial charge in [0.1, 0.15) is 11.4 Å². The number of benzene rings is 1. The van der Waals surface area contributed by atoms with E-state index in [1.165, 1.54) is 0 Å². The molecular formula is C14H21NO2. The van der Waals surface area contributed by atoms with E-state index in [1.54, 1.807) is 0 Å². The Labute approximate surface area is 103 Å². The molecule has 1 aliphatic rings. The zero-order chi connectivity index (χ0) is 12.3. The minimum Gasteiger partial charge on any atom is -0.493 e. The van der Waals surface area contributed by atoms with Gasteiger partial charge in [0.2, 0.25) is 0 Å². The Morgan fingerprint density at radius 1 is 1.41 bits per heavy atom. The molecule has 1 atom stereocenters. The number of rotatable bonds is 3. The van der Waals surface area contributed by atoms with Gasteiger partial charge in [-0.2, -0.15) is 0 Å². The number of likely N-dealkylation sites (N-methyl/N-ethyl adjacent to an activating group) is 1. The molecule has 1 aliphatic heterocycles. The number of aliphatic hydroxyl groups is 1. The quantitative estimate of drug-likeness (QED) is 0.869. The van der Waals surface area contributed by atoms with E-state index in [-0.39, 0.29) is 0 Å². The largest absolute Gasteiger partial charge is 0.493 e. The average Bonchev–Trinajstić information content (AvgIpc) is 2.30. The first-order valence-electron chi connectivity index (χ1n) is 6.29. The van der Waals surface area contributed by atoms with Gasteiger partial charge in [-0.3, -0.25) is 0 Å². The van der Waals surface area contributed by atoms with Crippen LogP contribution in [-0.4, -0.2) is 36.8 Å². The Kier molecular flexibility index (Phi) is 3.69. The molecule has 1 aromatic rings. The molecule has 3 nitrogen and oxygen atoms in total. The van der Waals surface area contributed by atoms with Gasteiger partial charge in [-0.15, -0.1) is 0 Å². The number of hydrogen-bond donors (Lipinski definition) is 1. The Balaban J connectivity index is 2.31. The maximum absolute atomic E-state index is 10.8. The zero-order valence-corrected chi connectivity index (χ0v) is 10.6. The summed E-state index contributed by atoms with van der Waals surface area (Å²) in [7, 11) is 2.05. The molecule has 1 aromatic carbocycles. The van der Waals surface area contributed by atoms with E-state index >= 15 is 0 Å². The molecule has 2 rings (SSSR count). The van der Waals surface area contributed by atoms with Gasteiger partial charge in [0.15, 0.2) is 0 Å². The van der Waals surface area contributed by atoms with Gasteiger partial charge in [-0.25, -0.2) is 0 Å². The van der Waals surface area contributed by atoms with Gasteiger partial charge >= 0.3 is 0 Å². The summed E-state index contributed by atoms with van der Waals surface area (Å²) in [5.41, 5.74) is 0.159. The molecule has 94 valence electrons. The Morgan fingerprint density at radius 3 is 2.88 bits per heavy atom. The average molecular weight is 235 g/mol. The fraction of sp³-hybridized carbons (Fsp3) is 0.571. The SMILES string of the molecule is CCOc1ccccc1C1(O)CCCN(C)C1. The van der Waals surface area contributed by atoms with Gasteiger partial charge in [0, 0.05) is 12.1 Å². The molecule has 1 saturated heterocycles. The molecule has 0 bridgehead atoms. The monoisotopic (exact) mass is 235 g/mol. The molecule has 17 heavy (non-hydrogen) atoms. The lowest BCUT2D eigenvalue weighted by atomic mass is 9.85. The van der Waals surface area contributed by atoms with Crippen LogP contribution in [0.25, 0.3) is 0 Å². The van der Waals surface area contributed by atoms with Crippen molar-refractivity contribution in [3.8, 4) is 5.75 Å². The summed E-state index contributed by atoms with van der Waals surface area (Å²) < 4.78 is 5.61. The van der Waals surface area contributed by atoms with Crippen LogP contribution >= 0.6 is 0 Å². The maximum atomic E-state index is 10.8. The van der Waals surface area contributed by atoms with E-state index in [0.29, 0.717) is 13.2 Å². The number of hydrogen-bond acceptors (Lipinski definition) is 3. The summed E-state index contributed by atoms with van der Waals surface area (Å²) in [4.78, 5) is 2.17. The van der Waals surface area contributed by atoms with Crippen LogP contribution in [0.5, 0.6) is 5.75 Å². The number of piperidine rings is 1. The minimum atomic E-state index is -0.765. The summed E-state index contributed by atoms with van der Waals surface area (Å²) in [6.45, 7) is 4.33. The van der Waals surface area contributed by atoms with E-state index in [9.17, 15) is 5.11 Å². The second-order valence-corrected chi connectivity index (χ2v) is 4.80. The lowest BCUT2D eigenvalue weighted by Gasteiger charge is -2.38. The Bertz CT molecular complexity index is 380. The van der Waals surface area contributed by atoms with Crippen molar-refractivity contribution in [1.29, 1.82) is 0 Å². The second-order valence-electron chi connectivity index (χ2n) is 4.80. The van der Waals surface area contributed by atoms with Crippen molar-refractivity contribution in [2.75, 3.05) is 26.7 Å². The Hall–Kier alpha value is -1.06. The molecule has 0 saturated carbocycles. The highest BCUT2D eigenvalue weighted by Gasteiger charge is 2.35. The first-order chi connectivity index (χ1) is 8.15. The second kappa shape index (κ2) is 5.07. The first-order valence-corrected chi connectivity index (χ1v) is 6.29. The number of para-hydroxylation sites is 1.